The average molecular weight is 328 g/mol. The van der Waals surface area contributed by atoms with Gasteiger partial charge in [0.15, 0.2) is 0 Å². The van der Waals surface area contributed by atoms with E-state index in [4.69, 9.17) is 0 Å². The third kappa shape index (κ3) is 2.68. The third-order valence-corrected chi connectivity index (χ3v) is 4.88. The molecule has 6 nitrogen and oxygen atoms in total. The SMILES string of the molecule is CC1CCC(C(=O)O)CN1C(=O)c1cc(=O)n(C)c2ccccc12. The summed E-state index contributed by atoms with van der Waals surface area (Å²) in [7, 11) is 1.67. The summed E-state index contributed by atoms with van der Waals surface area (Å²) in [5.74, 6) is -1.71. The van der Waals surface area contributed by atoms with Crippen LogP contribution in [0.2, 0.25) is 0 Å². The number of para-hydroxylation sites is 1. The smallest absolute Gasteiger partial charge is 0.308 e. The van der Waals surface area contributed by atoms with Crippen molar-refractivity contribution in [1.82, 2.24) is 9.47 Å². The van der Waals surface area contributed by atoms with Gasteiger partial charge in [0.25, 0.3) is 11.5 Å². The zero-order valence-corrected chi connectivity index (χ0v) is 13.7. The second-order valence-corrected chi connectivity index (χ2v) is 6.39. The lowest BCUT2D eigenvalue weighted by atomic mass is 9.92. The van der Waals surface area contributed by atoms with Crippen LogP contribution in [0, 0.1) is 5.92 Å². The predicted octanol–water partition coefficient (Wildman–Crippen LogP) is 1.86. The molecule has 2 heterocycles. The van der Waals surface area contributed by atoms with Crippen LogP contribution in [0.25, 0.3) is 10.9 Å². The number of carboxylic acid groups (broad SMARTS) is 1. The fourth-order valence-corrected chi connectivity index (χ4v) is 3.33. The molecule has 0 spiro atoms. The topological polar surface area (TPSA) is 79.6 Å². The van der Waals surface area contributed by atoms with Crippen LogP contribution in [0.1, 0.15) is 30.1 Å². The number of rotatable bonds is 2. The standard InChI is InChI=1S/C18H20N2O4/c1-11-7-8-12(18(23)24)10-20(11)17(22)14-9-16(21)19(2)15-6-4-3-5-13(14)15/h3-6,9,11-12H,7-8,10H2,1-2H3,(H,23,24). The minimum atomic E-state index is -0.881. The van der Waals surface area contributed by atoms with Crippen LogP contribution >= 0.6 is 0 Å². The zero-order valence-electron chi connectivity index (χ0n) is 13.7. The van der Waals surface area contributed by atoms with Crippen LogP contribution in [0.4, 0.5) is 0 Å². The molecule has 126 valence electrons. The number of aryl methyl sites for hydroxylation is 1. The number of hydrogen-bond acceptors (Lipinski definition) is 3. The molecule has 2 aromatic rings. The molecule has 1 N–H and O–H groups in total. The van der Waals surface area contributed by atoms with Crippen molar-refractivity contribution in [2.75, 3.05) is 6.54 Å². The summed E-state index contributed by atoms with van der Waals surface area (Å²) >= 11 is 0. The van der Waals surface area contributed by atoms with Gasteiger partial charge >= 0.3 is 5.97 Å². The lowest BCUT2D eigenvalue weighted by Gasteiger charge is -2.36. The molecule has 3 rings (SSSR count). The highest BCUT2D eigenvalue weighted by Gasteiger charge is 2.33. The number of pyridine rings is 1. The van der Waals surface area contributed by atoms with E-state index in [1.807, 2.05) is 25.1 Å². The molecule has 2 unspecified atom stereocenters. The van der Waals surface area contributed by atoms with Crippen molar-refractivity contribution >= 4 is 22.8 Å². The fourth-order valence-electron chi connectivity index (χ4n) is 3.33. The van der Waals surface area contributed by atoms with Crippen molar-refractivity contribution in [1.29, 1.82) is 0 Å². The number of carboxylic acids is 1. The lowest BCUT2D eigenvalue weighted by Crippen LogP contribution is -2.47. The Morgan fingerprint density at radius 1 is 1.21 bits per heavy atom. The van der Waals surface area contributed by atoms with Gasteiger partial charge in [-0.05, 0) is 25.8 Å². The third-order valence-electron chi connectivity index (χ3n) is 4.88. The normalized spacial score (nSPS) is 21.0. The number of piperidine rings is 1. The second-order valence-electron chi connectivity index (χ2n) is 6.39. The van der Waals surface area contributed by atoms with Crippen molar-refractivity contribution in [3.05, 3.63) is 46.2 Å². The van der Waals surface area contributed by atoms with E-state index < -0.39 is 11.9 Å². The van der Waals surface area contributed by atoms with E-state index in [0.29, 0.717) is 29.3 Å². The van der Waals surface area contributed by atoms with E-state index in [9.17, 15) is 19.5 Å². The number of carbonyl (C=O) groups excluding carboxylic acids is 1. The Morgan fingerprint density at radius 3 is 2.62 bits per heavy atom. The van der Waals surface area contributed by atoms with Gasteiger partial charge < -0.3 is 14.6 Å². The first kappa shape index (κ1) is 16.2. The maximum Gasteiger partial charge on any atom is 0.308 e. The Bertz CT molecular complexity index is 871. The van der Waals surface area contributed by atoms with Gasteiger partial charge in [-0.1, -0.05) is 18.2 Å². The quantitative estimate of drug-likeness (QED) is 0.912. The molecule has 2 atom stereocenters. The van der Waals surface area contributed by atoms with E-state index in [0.717, 1.165) is 0 Å². The van der Waals surface area contributed by atoms with Gasteiger partial charge in [0.05, 0.1) is 17.0 Å². The van der Waals surface area contributed by atoms with Crippen LogP contribution < -0.4 is 5.56 Å². The Morgan fingerprint density at radius 2 is 1.92 bits per heavy atom. The van der Waals surface area contributed by atoms with Crippen molar-refractivity contribution in [2.24, 2.45) is 13.0 Å². The van der Waals surface area contributed by atoms with Crippen LogP contribution in [0.3, 0.4) is 0 Å². The Labute approximate surface area is 139 Å². The highest BCUT2D eigenvalue weighted by molar-refractivity contribution is 6.06. The molecule has 1 fully saturated rings. The number of nitrogens with zero attached hydrogens (tertiary/aromatic N) is 2. The first-order chi connectivity index (χ1) is 11.4. The summed E-state index contributed by atoms with van der Waals surface area (Å²) < 4.78 is 1.51. The molecule has 1 aromatic heterocycles. The highest BCUT2D eigenvalue weighted by Crippen LogP contribution is 2.26. The molecule has 0 aliphatic carbocycles. The number of likely N-dealkylation sites (tertiary alicyclic amines) is 1. The molecule has 24 heavy (non-hydrogen) atoms. The van der Waals surface area contributed by atoms with Crippen LogP contribution in [-0.2, 0) is 11.8 Å². The molecule has 6 heteroatoms. The summed E-state index contributed by atoms with van der Waals surface area (Å²) in [5, 5.41) is 9.96. The number of benzene rings is 1. The molecule has 0 bridgehead atoms. The van der Waals surface area contributed by atoms with Gasteiger partial charge in [0.1, 0.15) is 0 Å². The maximum absolute atomic E-state index is 13.0. The second kappa shape index (κ2) is 6.11. The first-order valence-electron chi connectivity index (χ1n) is 8.02. The number of aromatic nitrogens is 1. The minimum absolute atomic E-state index is 0.0454. The van der Waals surface area contributed by atoms with Crippen LogP contribution in [0.15, 0.2) is 35.1 Å². The molecular formula is C18H20N2O4. The van der Waals surface area contributed by atoms with Crippen molar-refractivity contribution in [3.8, 4) is 0 Å². The summed E-state index contributed by atoms with van der Waals surface area (Å²) in [6.45, 7) is 2.10. The zero-order chi connectivity index (χ0) is 17.4. The van der Waals surface area contributed by atoms with E-state index in [2.05, 4.69) is 0 Å². The summed E-state index contributed by atoms with van der Waals surface area (Å²) in [4.78, 5) is 38.1. The molecule has 0 radical (unpaired) electrons. The van der Waals surface area contributed by atoms with Crippen LogP contribution in [-0.4, -0.2) is 39.0 Å². The largest absolute Gasteiger partial charge is 0.481 e. The van der Waals surface area contributed by atoms with E-state index in [-0.39, 0.29) is 24.1 Å². The summed E-state index contributed by atoms with van der Waals surface area (Å²) in [6, 6.07) is 8.56. The maximum atomic E-state index is 13.0. The van der Waals surface area contributed by atoms with Gasteiger partial charge in [-0.15, -0.1) is 0 Å². The van der Waals surface area contributed by atoms with Crippen molar-refractivity contribution in [2.45, 2.75) is 25.8 Å². The van der Waals surface area contributed by atoms with Gasteiger partial charge in [-0.3, -0.25) is 14.4 Å². The molecule has 1 amide bonds. The van der Waals surface area contributed by atoms with Crippen molar-refractivity contribution < 1.29 is 14.7 Å². The molecule has 1 aliphatic rings. The van der Waals surface area contributed by atoms with Crippen LogP contribution in [0.5, 0.6) is 0 Å². The van der Waals surface area contributed by atoms with E-state index >= 15 is 0 Å². The summed E-state index contributed by atoms with van der Waals surface area (Å²) in [5.41, 5.74) is 0.774. The first-order valence-corrected chi connectivity index (χ1v) is 8.02. The number of hydrogen-bond donors (Lipinski definition) is 1. The molecule has 0 saturated carbocycles. The fraction of sp³-hybridized carbons (Fsp3) is 0.389. The monoisotopic (exact) mass is 328 g/mol. The molecular weight excluding hydrogens is 308 g/mol. The van der Waals surface area contributed by atoms with Gasteiger partial charge in [0, 0.05) is 31.1 Å². The lowest BCUT2D eigenvalue weighted by molar-refractivity contribution is -0.143. The Hall–Kier alpha value is -2.63. The Balaban J connectivity index is 2.07. The summed E-state index contributed by atoms with van der Waals surface area (Å²) in [6.07, 6.45) is 1.21. The number of aliphatic carboxylic acids is 1. The van der Waals surface area contributed by atoms with Gasteiger partial charge in [-0.25, -0.2) is 0 Å². The number of fused-ring (bicyclic) bond motifs is 1. The Kier molecular flexibility index (Phi) is 4.13. The van der Waals surface area contributed by atoms with Gasteiger partial charge in [-0.2, -0.15) is 0 Å². The molecule has 1 saturated heterocycles. The van der Waals surface area contributed by atoms with Crippen molar-refractivity contribution in [3.63, 3.8) is 0 Å². The number of amides is 1. The van der Waals surface area contributed by atoms with Gasteiger partial charge in [0.2, 0.25) is 0 Å². The minimum Gasteiger partial charge on any atom is -0.481 e. The van der Waals surface area contributed by atoms with E-state index in [1.165, 1.54) is 10.6 Å². The molecule has 1 aliphatic heterocycles. The predicted molar refractivity (Wildman–Crippen MR) is 90.0 cm³/mol. The average Bonchev–Trinajstić information content (AvgIpc) is 2.57. The highest BCUT2D eigenvalue weighted by atomic mass is 16.4. The molecule has 1 aromatic carbocycles. The van der Waals surface area contributed by atoms with E-state index in [1.54, 1.807) is 18.0 Å². The number of carbonyl (C=O) groups is 2.